The number of ether oxygens (including phenoxy) is 1. The molecule has 0 spiro atoms. The number of rotatable bonds is 0. The van der Waals surface area contributed by atoms with E-state index in [0.29, 0.717) is 6.10 Å². The summed E-state index contributed by atoms with van der Waals surface area (Å²) in [5, 5.41) is 0. The van der Waals surface area contributed by atoms with Crippen LogP contribution in [0.15, 0.2) is 23.3 Å². The molecule has 1 heterocycles. The summed E-state index contributed by atoms with van der Waals surface area (Å²) in [6.45, 7) is 6.78. The monoisotopic (exact) mass is 220 g/mol. The lowest BCUT2D eigenvalue weighted by Gasteiger charge is -2.07. The van der Waals surface area contributed by atoms with Gasteiger partial charge in [0.25, 0.3) is 0 Å². The third-order valence-corrected chi connectivity index (χ3v) is 4.00. The topological polar surface area (TPSA) is 12.5 Å². The van der Waals surface area contributed by atoms with Gasteiger partial charge in [-0.1, -0.05) is 23.3 Å². The van der Waals surface area contributed by atoms with Crippen molar-refractivity contribution >= 4 is 0 Å². The summed E-state index contributed by atoms with van der Waals surface area (Å²) in [6, 6.07) is 0. The number of hydrogen-bond acceptors (Lipinski definition) is 1. The second-order valence-electron chi connectivity index (χ2n) is 5.64. The predicted molar refractivity (Wildman–Crippen MR) is 68.5 cm³/mol. The molecular formula is C15H24O. The Balaban J connectivity index is 1.99. The second-order valence-corrected chi connectivity index (χ2v) is 5.64. The maximum Gasteiger partial charge on any atom is 0.0923 e. The highest BCUT2D eigenvalue weighted by Gasteiger charge is 2.50. The Morgan fingerprint density at radius 2 is 1.81 bits per heavy atom. The van der Waals surface area contributed by atoms with Gasteiger partial charge in [-0.05, 0) is 59.3 Å². The first-order valence-electron chi connectivity index (χ1n) is 6.59. The predicted octanol–water partition coefficient (Wildman–Crippen LogP) is 4.39. The first-order chi connectivity index (χ1) is 7.60. The number of hydrogen-bond donors (Lipinski definition) is 0. The van der Waals surface area contributed by atoms with Gasteiger partial charge in [0.2, 0.25) is 0 Å². The molecule has 0 radical (unpaired) electrons. The van der Waals surface area contributed by atoms with E-state index in [1.807, 2.05) is 0 Å². The molecule has 1 fully saturated rings. The van der Waals surface area contributed by atoms with E-state index < -0.39 is 0 Å². The lowest BCUT2D eigenvalue weighted by Crippen LogP contribution is -2.09. The Labute approximate surface area is 99.6 Å². The van der Waals surface area contributed by atoms with Crippen molar-refractivity contribution in [1.29, 1.82) is 0 Å². The number of allylic oxidation sites excluding steroid dienone is 4. The van der Waals surface area contributed by atoms with Crippen LogP contribution < -0.4 is 0 Å². The summed E-state index contributed by atoms with van der Waals surface area (Å²) in [5.74, 6) is 0. The van der Waals surface area contributed by atoms with E-state index in [-0.39, 0.29) is 5.60 Å². The minimum atomic E-state index is 0.191. The van der Waals surface area contributed by atoms with Gasteiger partial charge in [0, 0.05) is 0 Å². The molecule has 1 nitrogen and oxygen atoms in total. The molecule has 2 rings (SSSR count). The Bertz CT molecular complexity index is 313. The molecule has 90 valence electrons. The minimum Gasteiger partial charge on any atom is -0.366 e. The fraction of sp³-hybridized carbons (Fsp3) is 0.733. The maximum absolute atomic E-state index is 5.85. The van der Waals surface area contributed by atoms with Crippen LogP contribution in [0.2, 0.25) is 0 Å². The molecule has 0 aromatic rings. The summed E-state index contributed by atoms with van der Waals surface area (Å²) in [6.07, 6.45) is 12.5. The summed E-state index contributed by atoms with van der Waals surface area (Å²) < 4.78 is 5.85. The van der Waals surface area contributed by atoms with Crippen LogP contribution in [0.5, 0.6) is 0 Å². The molecule has 0 amide bonds. The van der Waals surface area contributed by atoms with Crippen LogP contribution in [0.3, 0.4) is 0 Å². The van der Waals surface area contributed by atoms with Gasteiger partial charge in [-0.3, -0.25) is 0 Å². The van der Waals surface area contributed by atoms with Gasteiger partial charge < -0.3 is 4.74 Å². The maximum atomic E-state index is 5.85. The molecule has 1 heteroatoms. The third kappa shape index (κ3) is 2.98. The zero-order valence-electron chi connectivity index (χ0n) is 10.9. The molecule has 16 heavy (non-hydrogen) atoms. The van der Waals surface area contributed by atoms with E-state index in [2.05, 4.69) is 32.9 Å². The van der Waals surface area contributed by atoms with E-state index in [9.17, 15) is 0 Å². The summed E-state index contributed by atoms with van der Waals surface area (Å²) in [5.41, 5.74) is 3.26. The highest BCUT2D eigenvalue weighted by atomic mass is 16.6. The van der Waals surface area contributed by atoms with E-state index in [0.717, 1.165) is 0 Å². The van der Waals surface area contributed by atoms with Crippen LogP contribution >= 0.6 is 0 Å². The Hall–Kier alpha value is -0.560. The van der Waals surface area contributed by atoms with Crippen LogP contribution in [-0.2, 0) is 4.74 Å². The van der Waals surface area contributed by atoms with Crippen molar-refractivity contribution in [3.63, 3.8) is 0 Å². The smallest absolute Gasteiger partial charge is 0.0923 e. The van der Waals surface area contributed by atoms with E-state index >= 15 is 0 Å². The fourth-order valence-electron chi connectivity index (χ4n) is 2.59. The lowest BCUT2D eigenvalue weighted by atomic mass is 9.95. The number of epoxide rings is 1. The van der Waals surface area contributed by atoms with Gasteiger partial charge in [-0.2, -0.15) is 0 Å². The standard InChI is InChI=1S/C15H24O/c1-12-6-4-7-13(2)9-10-14-15(3,16-14)11-5-8-12/h7-8,14H,4-6,9-11H2,1-3H3/b12-8?,13-7+. The van der Waals surface area contributed by atoms with Crippen LogP contribution in [0.4, 0.5) is 0 Å². The van der Waals surface area contributed by atoms with Gasteiger partial charge >= 0.3 is 0 Å². The molecule has 0 N–H and O–H groups in total. The van der Waals surface area contributed by atoms with Crippen molar-refractivity contribution in [3.05, 3.63) is 23.3 Å². The zero-order chi connectivity index (χ0) is 11.6. The van der Waals surface area contributed by atoms with E-state index in [1.165, 1.54) is 49.7 Å². The van der Waals surface area contributed by atoms with Crippen LogP contribution in [-0.4, -0.2) is 11.7 Å². The summed E-state index contributed by atoms with van der Waals surface area (Å²) in [4.78, 5) is 0. The molecule has 2 atom stereocenters. The first kappa shape index (κ1) is 11.9. The summed E-state index contributed by atoms with van der Waals surface area (Å²) >= 11 is 0. The largest absolute Gasteiger partial charge is 0.366 e. The Morgan fingerprint density at radius 1 is 1.12 bits per heavy atom. The molecule has 2 unspecified atom stereocenters. The summed E-state index contributed by atoms with van der Waals surface area (Å²) in [7, 11) is 0. The van der Waals surface area contributed by atoms with Crippen molar-refractivity contribution in [2.45, 2.75) is 71.0 Å². The lowest BCUT2D eigenvalue weighted by molar-refractivity contribution is 0.295. The zero-order valence-corrected chi connectivity index (χ0v) is 10.9. The SMILES string of the molecule is CC1=CCCC2(C)OC2CC/C(C)=C/CC1. The van der Waals surface area contributed by atoms with Crippen LogP contribution in [0.1, 0.15) is 59.3 Å². The average molecular weight is 220 g/mol. The molecule has 1 aliphatic carbocycles. The van der Waals surface area contributed by atoms with Gasteiger partial charge in [0.05, 0.1) is 11.7 Å². The molecule has 0 aromatic carbocycles. The van der Waals surface area contributed by atoms with Gasteiger partial charge in [-0.15, -0.1) is 0 Å². The highest BCUT2D eigenvalue weighted by Crippen LogP contribution is 2.43. The number of fused-ring (bicyclic) bond motifs is 1. The molecule has 0 saturated carbocycles. The minimum absolute atomic E-state index is 0.191. The highest BCUT2D eigenvalue weighted by molar-refractivity contribution is 5.09. The molecular weight excluding hydrogens is 196 g/mol. The third-order valence-electron chi connectivity index (χ3n) is 4.00. The normalized spacial score (nSPS) is 39.6. The fourth-order valence-corrected chi connectivity index (χ4v) is 2.59. The molecule has 1 aliphatic heterocycles. The van der Waals surface area contributed by atoms with Crippen LogP contribution in [0.25, 0.3) is 0 Å². The molecule has 1 saturated heterocycles. The first-order valence-corrected chi connectivity index (χ1v) is 6.59. The van der Waals surface area contributed by atoms with Gasteiger partial charge in [0.1, 0.15) is 0 Å². The van der Waals surface area contributed by atoms with Crippen molar-refractivity contribution in [3.8, 4) is 0 Å². The second kappa shape index (κ2) is 4.75. The van der Waals surface area contributed by atoms with Crippen molar-refractivity contribution < 1.29 is 4.74 Å². The van der Waals surface area contributed by atoms with Gasteiger partial charge in [0.15, 0.2) is 0 Å². The van der Waals surface area contributed by atoms with Gasteiger partial charge in [-0.25, -0.2) is 0 Å². The Kier molecular flexibility index (Phi) is 3.53. The Morgan fingerprint density at radius 3 is 2.62 bits per heavy atom. The van der Waals surface area contributed by atoms with Crippen LogP contribution in [0, 0.1) is 0 Å². The average Bonchev–Trinajstić information content (AvgIpc) is 2.85. The van der Waals surface area contributed by atoms with Crippen molar-refractivity contribution in [2.24, 2.45) is 0 Å². The quantitative estimate of drug-likeness (QED) is 0.435. The molecule has 0 bridgehead atoms. The van der Waals surface area contributed by atoms with Crippen molar-refractivity contribution in [2.75, 3.05) is 0 Å². The van der Waals surface area contributed by atoms with E-state index in [4.69, 9.17) is 4.74 Å². The van der Waals surface area contributed by atoms with E-state index in [1.54, 1.807) is 0 Å². The molecule has 0 aromatic heterocycles. The van der Waals surface area contributed by atoms with Crippen molar-refractivity contribution in [1.82, 2.24) is 0 Å². The molecule has 2 aliphatic rings.